The summed E-state index contributed by atoms with van der Waals surface area (Å²) in [5.41, 5.74) is 2.06. The number of hydrogen-bond donors (Lipinski definition) is 2. The lowest BCUT2D eigenvalue weighted by Gasteiger charge is -2.49. The van der Waals surface area contributed by atoms with Crippen LogP contribution in [-0.4, -0.2) is 87.4 Å². The Hall–Kier alpha value is -4.62. The average Bonchev–Trinajstić information content (AvgIpc) is 3.94. The third-order valence-corrected chi connectivity index (χ3v) is 10.1. The summed E-state index contributed by atoms with van der Waals surface area (Å²) in [5.74, 6) is -4.77. The zero-order chi connectivity index (χ0) is 36.6. The molecule has 2 bridgehead atoms. The molecule has 3 amide bonds. The van der Waals surface area contributed by atoms with Crippen LogP contribution in [0, 0.1) is 23.4 Å². The van der Waals surface area contributed by atoms with E-state index in [2.05, 4.69) is 0 Å². The molecule has 0 unspecified atom stereocenters. The van der Waals surface area contributed by atoms with Gasteiger partial charge in [0, 0.05) is 37.2 Å². The topological polar surface area (TPSA) is 120 Å². The summed E-state index contributed by atoms with van der Waals surface area (Å²) in [6, 6.07) is 11.5. The van der Waals surface area contributed by atoms with Crippen molar-refractivity contribution >= 4 is 46.9 Å². The number of fused-ring (bicyclic) bond motifs is 2. The summed E-state index contributed by atoms with van der Waals surface area (Å²) in [7, 11) is 0. The van der Waals surface area contributed by atoms with Crippen molar-refractivity contribution in [3.05, 3.63) is 98.8 Å². The van der Waals surface area contributed by atoms with Gasteiger partial charge < -0.3 is 29.5 Å². The first-order chi connectivity index (χ1) is 24.3. The molecule has 2 N–H and O–H groups in total. The van der Waals surface area contributed by atoms with E-state index in [1.807, 2.05) is 0 Å². The Morgan fingerprint density at radius 2 is 1.61 bits per heavy atom. The zero-order valence-corrected chi connectivity index (χ0v) is 28.8. The van der Waals surface area contributed by atoms with Crippen molar-refractivity contribution in [3.8, 4) is 11.5 Å². The fraction of sp³-hybridized carbons (Fsp3) is 0.361. The van der Waals surface area contributed by atoms with E-state index >= 15 is 0 Å². The van der Waals surface area contributed by atoms with Gasteiger partial charge in [-0.3, -0.25) is 9.69 Å². The molecule has 3 aromatic carbocycles. The van der Waals surface area contributed by atoms with Crippen molar-refractivity contribution < 1.29 is 47.2 Å². The third kappa shape index (κ3) is 7.69. The van der Waals surface area contributed by atoms with Gasteiger partial charge in [-0.1, -0.05) is 54.4 Å². The van der Waals surface area contributed by atoms with Crippen LogP contribution < -0.4 is 9.47 Å². The Morgan fingerprint density at radius 1 is 0.922 bits per heavy atom. The summed E-state index contributed by atoms with van der Waals surface area (Å²) in [4.78, 5) is 43.4. The van der Waals surface area contributed by atoms with Gasteiger partial charge in [-0.05, 0) is 66.3 Å². The summed E-state index contributed by atoms with van der Waals surface area (Å²) >= 11 is 12.8. The van der Waals surface area contributed by atoms with E-state index in [1.165, 1.54) is 4.90 Å². The first-order valence-electron chi connectivity index (χ1n) is 16.3. The molecule has 3 aliphatic rings. The highest BCUT2D eigenvalue weighted by Gasteiger charge is 2.49. The Kier molecular flexibility index (Phi) is 10.6. The Bertz CT molecular complexity index is 1880. The Morgan fingerprint density at radius 3 is 2.27 bits per heavy atom. The molecule has 2 fully saturated rings. The lowest BCUT2D eigenvalue weighted by molar-refractivity contribution is -0.129. The molecule has 10 nitrogen and oxygen atoms in total. The van der Waals surface area contributed by atoms with Crippen molar-refractivity contribution in [1.82, 2.24) is 14.7 Å². The number of rotatable bonds is 11. The molecule has 2 heterocycles. The smallest absolute Gasteiger partial charge is 0.408 e. The second-order valence-electron chi connectivity index (χ2n) is 12.9. The van der Waals surface area contributed by atoms with E-state index in [0.717, 1.165) is 23.8 Å². The van der Waals surface area contributed by atoms with Gasteiger partial charge in [0.2, 0.25) is 5.82 Å². The molecule has 1 saturated heterocycles. The monoisotopic (exact) mass is 747 g/mol. The number of halogens is 5. The molecule has 1 aliphatic carbocycles. The fourth-order valence-electron chi connectivity index (χ4n) is 6.57. The van der Waals surface area contributed by atoms with Crippen LogP contribution in [0.2, 0.25) is 10.0 Å². The van der Waals surface area contributed by atoms with Crippen LogP contribution in [0.15, 0.2) is 60.2 Å². The molecule has 6 rings (SSSR count). The Balaban J connectivity index is 1.27. The van der Waals surface area contributed by atoms with Crippen molar-refractivity contribution in [3.63, 3.8) is 0 Å². The number of piperazine rings is 1. The van der Waals surface area contributed by atoms with Crippen LogP contribution in [-0.2, 0) is 11.3 Å². The quantitative estimate of drug-likeness (QED) is 0.194. The third-order valence-electron chi connectivity index (χ3n) is 9.25. The number of hydrogen-bond acceptors (Lipinski definition) is 5. The molecule has 3 atom stereocenters. The number of carbonyl (C=O) groups is 3. The van der Waals surface area contributed by atoms with Crippen molar-refractivity contribution in [2.45, 2.75) is 50.9 Å². The largest absolute Gasteiger partial charge is 0.493 e. The van der Waals surface area contributed by atoms with Crippen molar-refractivity contribution in [2.24, 2.45) is 5.92 Å². The number of ether oxygens (including phenoxy) is 2. The summed E-state index contributed by atoms with van der Waals surface area (Å²) < 4.78 is 52.5. The van der Waals surface area contributed by atoms with Crippen LogP contribution in [0.4, 0.5) is 22.8 Å². The summed E-state index contributed by atoms with van der Waals surface area (Å²) in [5, 5.41) is 20.8. The van der Waals surface area contributed by atoms with Crippen LogP contribution in [0.1, 0.15) is 37.3 Å². The Labute approximate surface area is 301 Å². The number of nitrogens with zero attached hydrogens (tertiary/aromatic N) is 3. The molecular weight excluding hydrogens is 714 g/mol. The van der Waals surface area contributed by atoms with E-state index in [0.29, 0.717) is 38.6 Å². The maximum absolute atomic E-state index is 14.7. The second kappa shape index (κ2) is 14.9. The lowest BCUT2D eigenvalue weighted by Crippen LogP contribution is -2.65. The average molecular weight is 749 g/mol. The minimum atomic E-state index is -1.41. The van der Waals surface area contributed by atoms with Gasteiger partial charge in [0.15, 0.2) is 17.4 Å². The lowest BCUT2D eigenvalue weighted by atomic mass is 9.81. The van der Waals surface area contributed by atoms with Crippen LogP contribution in [0.25, 0.3) is 5.57 Å². The van der Waals surface area contributed by atoms with Gasteiger partial charge in [0.1, 0.15) is 5.75 Å². The summed E-state index contributed by atoms with van der Waals surface area (Å²) in [6.07, 6.45) is -0.884. The van der Waals surface area contributed by atoms with E-state index in [9.17, 15) is 37.8 Å². The highest BCUT2D eigenvalue weighted by atomic mass is 35.5. The van der Waals surface area contributed by atoms with Crippen molar-refractivity contribution in [2.75, 3.05) is 26.3 Å². The molecule has 0 radical (unpaired) electrons. The van der Waals surface area contributed by atoms with E-state index in [-0.39, 0.29) is 56.8 Å². The van der Waals surface area contributed by atoms with Gasteiger partial charge in [-0.25, -0.2) is 18.4 Å². The number of benzene rings is 3. The van der Waals surface area contributed by atoms with Gasteiger partial charge in [0.25, 0.3) is 5.91 Å². The number of carboxylic acid groups (broad SMARTS) is 2. The first kappa shape index (κ1) is 36.2. The minimum Gasteiger partial charge on any atom is -0.493 e. The molecule has 270 valence electrons. The molecule has 0 aromatic heterocycles. The molecule has 51 heavy (non-hydrogen) atoms. The predicted octanol–water partition coefficient (Wildman–Crippen LogP) is 7.56. The van der Waals surface area contributed by atoms with Crippen LogP contribution >= 0.6 is 23.2 Å². The standard InChI is InChI=1S/C36H34Cl2F3N3O7/c1-19(18-51-33-28(40)12-11-27(39)32(33)41)17-50-24-9-5-20(6-10-24)25-13-23-15-42(35(46)47)16-29(44(23)36(48)49)30(25)34(45)43(22-7-8-22)14-21-3-2-4-26(37)31(21)38/h2-6,9-12,19,22-23,29H,7-8,13-18H2,1H3,(H,46,47)(H,48,49)/t19-,23+,29+/m0/s1. The van der Waals surface area contributed by atoms with E-state index in [4.69, 9.17) is 32.7 Å². The molecule has 3 aromatic rings. The van der Waals surface area contributed by atoms with Gasteiger partial charge in [-0.2, -0.15) is 4.39 Å². The van der Waals surface area contributed by atoms with Crippen LogP contribution in [0.5, 0.6) is 11.5 Å². The van der Waals surface area contributed by atoms with Crippen LogP contribution in [0.3, 0.4) is 0 Å². The highest BCUT2D eigenvalue weighted by molar-refractivity contribution is 6.42. The highest BCUT2D eigenvalue weighted by Crippen LogP contribution is 2.42. The maximum atomic E-state index is 14.7. The van der Waals surface area contributed by atoms with Gasteiger partial charge >= 0.3 is 12.2 Å². The number of amides is 3. The number of carbonyl (C=O) groups excluding carboxylic acids is 1. The summed E-state index contributed by atoms with van der Waals surface area (Å²) in [6.45, 7) is 1.52. The minimum absolute atomic E-state index is 0.0574. The maximum Gasteiger partial charge on any atom is 0.408 e. The van der Waals surface area contributed by atoms with Crippen molar-refractivity contribution in [1.29, 1.82) is 0 Å². The second-order valence-corrected chi connectivity index (χ2v) is 13.7. The van der Waals surface area contributed by atoms with Gasteiger partial charge in [-0.15, -0.1) is 0 Å². The fourth-order valence-corrected chi connectivity index (χ4v) is 6.95. The predicted molar refractivity (Wildman–Crippen MR) is 182 cm³/mol. The first-order valence-corrected chi connectivity index (χ1v) is 17.0. The van der Waals surface area contributed by atoms with E-state index < -0.39 is 53.4 Å². The molecular formula is C36H34Cl2F3N3O7. The SMILES string of the molecule is C[C@@H](COc1ccc(C2=C(C(=O)N(Cc3cccc(Cl)c3Cl)C3CC3)[C@H]3CN(C(=O)O)C[C@@H](C2)N3C(=O)O)cc1)COc1c(F)ccc(F)c1F. The zero-order valence-electron chi connectivity index (χ0n) is 27.3. The molecule has 15 heteroatoms. The molecule has 1 saturated carbocycles. The van der Waals surface area contributed by atoms with E-state index in [1.54, 1.807) is 54.3 Å². The normalized spacial score (nSPS) is 19.1. The molecule has 2 aliphatic heterocycles. The van der Waals surface area contributed by atoms with Gasteiger partial charge in [0.05, 0.1) is 35.3 Å². The molecule has 0 spiro atoms.